The number of hydrogen-bond donors (Lipinski definition) is 2. The van der Waals surface area contributed by atoms with Gasteiger partial charge in [-0.2, -0.15) is 0 Å². The molecule has 1 aliphatic heterocycles. The van der Waals surface area contributed by atoms with Gasteiger partial charge in [0.2, 0.25) is 5.91 Å². The van der Waals surface area contributed by atoms with E-state index in [1.807, 2.05) is 25.1 Å². The molecule has 1 atom stereocenters. The number of nitrogens with one attached hydrogen (secondary N) is 1. The van der Waals surface area contributed by atoms with Crippen molar-refractivity contribution in [3.63, 3.8) is 0 Å². The van der Waals surface area contributed by atoms with Crippen LogP contribution in [0.15, 0.2) is 36.4 Å². The molecule has 0 bridgehead atoms. The molecule has 3 rings (SSSR count). The lowest BCUT2D eigenvalue weighted by atomic mass is 9.94. The molecule has 0 radical (unpaired) electrons. The van der Waals surface area contributed by atoms with Crippen LogP contribution in [-0.2, 0) is 11.2 Å². The highest BCUT2D eigenvalue weighted by Crippen LogP contribution is 2.29. The van der Waals surface area contributed by atoms with E-state index in [1.165, 1.54) is 12.1 Å². The molecule has 102 valence electrons. The third-order valence-electron chi connectivity index (χ3n) is 3.69. The Hall–Kier alpha value is -2.20. The van der Waals surface area contributed by atoms with Crippen molar-refractivity contribution in [3.8, 4) is 0 Å². The minimum atomic E-state index is -0.397. The van der Waals surface area contributed by atoms with E-state index >= 15 is 0 Å². The fourth-order valence-electron chi connectivity index (χ4n) is 2.57. The van der Waals surface area contributed by atoms with E-state index < -0.39 is 6.04 Å². The van der Waals surface area contributed by atoms with Crippen molar-refractivity contribution in [2.24, 2.45) is 5.73 Å². The van der Waals surface area contributed by atoms with Crippen LogP contribution in [0.4, 0.5) is 10.1 Å². The van der Waals surface area contributed by atoms with Crippen LogP contribution in [0.1, 0.15) is 28.3 Å². The van der Waals surface area contributed by atoms with Crippen molar-refractivity contribution in [1.29, 1.82) is 0 Å². The van der Waals surface area contributed by atoms with Gasteiger partial charge in [0.15, 0.2) is 0 Å². The molecule has 0 spiro atoms. The lowest BCUT2D eigenvalue weighted by Crippen LogP contribution is -2.13. The second kappa shape index (κ2) is 4.72. The molecule has 0 saturated heterocycles. The number of aryl methyl sites for hydroxylation is 1. The van der Waals surface area contributed by atoms with Crippen molar-refractivity contribution in [2.75, 3.05) is 5.32 Å². The lowest BCUT2D eigenvalue weighted by molar-refractivity contribution is -0.115. The average molecular weight is 270 g/mol. The van der Waals surface area contributed by atoms with Crippen LogP contribution in [0, 0.1) is 12.7 Å². The smallest absolute Gasteiger partial charge is 0.228 e. The number of carbonyl (C=O) groups is 1. The second-order valence-corrected chi connectivity index (χ2v) is 5.12. The molecular formula is C16H15FN2O. The Morgan fingerprint density at radius 3 is 2.85 bits per heavy atom. The molecule has 1 amide bonds. The Bertz CT molecular complexity index is 697. The molecule has 2 aromatic rings. The summed E-state index contributed by atoms with van der Waals surface area (Å²) in [7, 11) is 0. The maximum absolute atomic E-state index is 13.4. The first-order valence-corrected chi connectivity index (χ1v) is 6.49. The van der Waals surface area contributed by atoms with Crippen LogP contribution in [0.3, 0.4) is 0 Å². The highest BCUT2D eigenvalue weighted by Gasteiger charge is 2.20. The fourth-order valence-corrected chi connectivity index (χ4v) is 2.57. The van der Waals surface area contributed by atoms with E-state index in [2.05, 4.69) is 5.32 Å². The Morgan fingerprint density at radius 1 is 1.25 bits per heavy atom. The number of anilines is 1. The van der Waals surface area contributed by atoms with Crippen LogP contribution >= 0.6 is 0 Å². The molecule has 3 nitrogen and oxygen atoms in total. The van der Waals surface area contributed by atoms with Crippen molar-refractivity contribution < 1.29 is 9.18 Å². The number of rotatable bonds is 2. The summed E-state index contributed by atoms with van der Waals surface area (Å²) >= 11 is 0. The Kier molecular flexibility index (Phi) is 3.03. The molecule has 1 heterocycles. The molecule has 1 aliphatic rings. The molecule has 4 heteroatoms. The van der Waals surface area contributed by atoms with Crippen molar-refractivity contribution in [1.82, 2.24) is 0 Å². The Labute approximate surface area is 116 Å². The third-order valence-corrected chi connectivity index (χ3v) is 3.69. The van der Waals surface area contributed by atoms with Crippen LogP contribution in [0.2, 0.25) is 0 Å². The molecule has 1 unspecified atom stereocenters. The van der Waals surface area contributed by atoms with Gasteiger partial charge in [-0.05, 0) is 47.4 Å². The molecule has 0 saturated carbocycles. The van der Waals surface area contributed by atoms with E-state index in [0.29, 0.717) is 6.42 Å². The van der Waals surface area contributed by atoms with E-state index in [1.54, 1.807) is 6.07 Å². The quantitative estimate of drug-likeness (QED) is 0.881. The average Bonchev–Trinajstić information content (AvgIpc) is 2.79. The normalized spacial score (nSPS) is 14.8. The number of halogens is 1. The number of hydrogen-bond acceptors (Lipinski definition) is 2. The van der Waals surface area contributed by atoms with E-state index in [-0.39, 0.29) is 11.7 Å². The van der Waals surface area contributed by atoms with Crippen molar-refractivity contribution in [3.05, 3.63) is 64.5 Å². The standard InChI is InChI=1S/C16H15FN2O/c1-9-2-4-12(17)8-13(9)16(18)10-3-5-14-11(6-10)7-15(20)19-14/h2-6,8,16H,7,18H2,1H3,(H,19,20). The predicted molar refractivity (Wildman–Crippen MR) is 75.9 cm³/mol. The van der Waals surface area contributed by atoms with E-state index in [0.717, 1.165) is 27.9 Å². The summed E-state index contributed by atoms with van der Waals surface area (Å²) in [6.45, 7) is 1.91. The number of carbonyl (C=O) groups excluding carboxylic acids is 1. The molecule has 3 N–H and O–H groups in total. The summed E-state index contributed by atoms with van der Waals surface area (Å²) in [6.07, 6.45) is 0.373. The molecular weight excluding hydrogens is 255 g/mol. The van der Waals surface area contributed by atoms with Gasteiger partial charge in [-0.15, -0.1) is 0 Å². The van der Waals surface area contributed by atoms with E-state index in [9.17, 15) is 9.18 Å². The van der Waals surface area contributed by atoms with E-state index in [4.69, 9.17) is 5.73 Å². The van der Waals surface area contributed by atoms with Crippen molar-refractivity contribution >= 4 is 11.6 Å². The number of fused-ring (bicyclic) bond motifs is 1. The van der Waals surface area contributed by atoms with Gasteiger partial charge in [-0.25, -0.2) is 4.39 Å². The first kappa shape index (κ1) is 12.8. The predicted octanol–water partition coefficient (Wildman–Crippen LogP) is 2.68. The fraction of sp³-hybridized carbons (Fsp3) is 0.188. The largest absolute Gasteiger partial charge is 0.326 e. The minimum Gasteiger partial charge on any atom is -0.326 e. The number of nitrogens with two attached hydrogens (primary N) is 1. The van der Waals surface area contributed by atoms with Crippen LogP contribution in [0.5, 0.6) is 0 Å². The number of amides is 1. The second-order valence-electron chi connectivity index (χ2n) is 5.12. The Morgan fingerprint density at radius 2 is 2.05 bits per heavy atom. The van der Waals surface area contributed by atoms with Gasteiger partial charge in [0.25, 0.3) is 0 Å². The zero-order chi connectivity index (χ0) is 14.3. The molecule has 20 heavy (non-hydrogen) atoms. The van der Waals surface area contributed by atoms with Gasteiger partial charge >= 0.3 is 0 Å². The summed E-state index contributed by atoms with van der Waals surface area (Å²) in [5.74, 6) is -0.299. The topological polar surface area (TPSA) is 55.1 Å². The molecule has 0 aliphatic carbocycles. The van der Waals surface area contributed by atoms with Gasteiger partial charge in [0.1, 0.15) is 5.82 Å². The van der Waals surface area contributed by atoms with Gasteiger partial charge in [-0.3, -0.25) is 4.79 Å². The third kappa shape index (κ3) is 2.18. The molecule has 0 aromatic heterocycles. The summed E-state index contributed by atoms with van der Waals surface area (Å²) in [4.78, 5) is 11.4. The summed E-state index contributed by atoms with van der Waals surface area (Å²) in [5, 5.41) is 2.78. The SMILES string of the molecule is Cc1ccc(F)cc1C(N)c1ccc2c(c1)CC(=O)N2. The first-order chi connectivity index (χ1) is 9.54. The summed E-state index contributed by atoms with van der Waals surface area (Å²) in [6, 6.07) is 9.87. The van der Waals surface area contributed by atoms with Crippen molar-refractivity contribution in [2.45, 2.75) is 19.4 Å². The van der Waals surface area contributed by atoms with Gasteiger partial charge in [0.05, 0.1) is 12.5 Å². The lowest BCUT2D eigenvalue weighted by Gasteiger charge is -2.16. The molecule has 0 fully saturated rings. The van der Waals surface area contributed by atoms with Crippen LogP contribution in [0.25, 0.3) is 0 Å². The maximum atomic E-state index is 13.4. The summed E-state index contributed by atoms with van der Waals surface area (Å²) in [5.41, 5.74) is 10.6. The minimum absolute atomic E-state index is 0.00680. The maximum Gasteiger partial charge on any atom is 0.228 e. The van der Waals surface area contributed by atoms with Crippen LogP contribution in [-0.4, -0.2) is 5.91 Å². The highest BCUT2D eigenvalue weighted by atomic mass is 19.1. The number of benzene rings is 2. The van der Waals surface area contributed by atoms with Gasteiger partial charge in [-0.1, -0.05) is 18.2 Å². The summed E-state index contributed by atoms with van der Waals surface area (Å²) < 4.78 is 13.4. The molecule has 2 aromatic carbocycles. The zero-order valence-electron chi connectivity index (χ0n) is 11.1. The van der Waals surface area contributed by atoms with Gasteiger partial charge in [0, 0.05) is 5.69 Å². The van der Waals surface area contributed by atoms with Gasteiger partial charge < -0.3 is 11.1 Å². The first-order valence-electron chi connectivity index (χ1n) is 6.49. The highest BCUT2D eigenvalue weighted by molar-refractivity contribution is 5.99. The van der Waals surface area contributed by atoms with Crippen LogP contribution < -0.4 is 11.1 Å². The monoisotopic (exact) mass is 270 g/mol. The zero-order valence-corrected chi connectivity index (χ0v) is 11.1. The Balaban J connectivity index is 1.99.